The Hall–Kier alpha value is -4.98. The second-order valence-corrected chi connectivity index (χ2v) is 9.31. The number of rotatable bonds is 7. The van der Waals surface area contributed by atoms with Crippen LogP contribution in [0.15, 0.2) is 103 Å². The Bertz CT molecular complexity index is 1510. The summed E-state index contributed by atoms with van der Waals surface area (Å²) in [6.07, 6.45) is -1.62. The maximum atomic E-state index is 13.8. The van der Waals surface area contributed by atoms with Gasteiger partial charge in [-0.3, -0.25) is 14.5 Å². The molecule has 0 radical (unpaired) electrons. The first-order valence-electron chi connectivity index (χ1n) is 12.4. The van der Waals surface area contributed by atoms with Gasteiger partial charge in [0, 0.05) is 16.9 Å². The highest BCUT2D eigenvalue weighted by Gasteiger charge is 2.47. The highest BCUT2D eigenvalue weighted by Crippen LogP contribution is 2.35. The normalized spacial score (nSPS) is 16.5. The van der Waals surface area contributed by atoms with Crippen LogP contribution in [0.1, 0.15) is 33.2 Å². The summed E-state index contributed by atoms with van der Waals surface area (Å²) in [5.41, 5.74) is 3.66. The smallest absolute Gasteiger partial charge is 0.411 e. The van der Waals surface area contributed by atoms with E-state index in [1.165, 1.54) is 23.1 Å². The number of halogens is 1. The van der Waals surface area contributed by atoms with Gasteiger partial charge in [-0.1, -0.05) is 66.2 Å². The lowest BCUT2D eigenvalue weighted by Gasteiger charge is -2.24. The van der Waals surface area contributed by atoms with E-state index in [0.717, 1.165) is 11.1 Å². The Labute approximate surface area is 225 Å². The lowest BCUT2D eigenvalue weighted by Crippen LogP contribution is -2.43. The number of cyclic esters (lactones) is 1. The summed E-state index contributed by atoms with van der Waals surface area (Å²) in [6, 6.07) is 27.7. The molecule has 1 heterocycles. The summed E-state index contributed by atoms with van der Waals surface area (Å²) < 4.78 is 19.5. The van der Waals surface area contributed by atoms with Crippen molar-refractivity contribution in [2.75, 3.05) is 10.6 Å². The Balaban J connectivity index is 1.44. The lowest BCUT2D eigenvalue weighted by molar-refractivity contribution is -0.121. The van der Waals surface area contributed by atoms with E-state index in [-0.39, 0.29) is 18.1 Å². The molecule has 1 aliphatic heterocycles. The molecular formula is C31H26FN3O4. The number of amides is 3. The molecule has 0 spiro atoms. The summed E-state index contributed by atoms with van der Waals surface area (Å²) in [7, 11) is 0. The van der Waals surface area contributed by atoms with Crippen molar-refractivity contribution >= 4 is 29.3 Å². The van der Waals surface area contributed by atoms with Gasteiger partial charge in [-0.25, -0.2) is 9.18 Å². The molecule has 0 unspecified atom stereocenters. The molecule has 2 atom stereocenters. The van der Waals surface area contributed by atoms with Crippen LogP contribution in [-0.4, -0.2) is 28.8 Å². The number of anilines is 2. The van der Waals surface area contributed by atoms with Gasteiger partial charge in [-0.2, -0.15) is 0 Å². The number of carbonyl (C=O) groups is 3. The summed E-state index contributed by atoms with van der Waals surface area (Å²) in [5, 5.41) is 5.56. The topological polar surface area (TPSA) is 87.7 Å². The molecule has 5 rings (SSSR count). The van der Waals surface area contributed by atoms with Crippen LogP contribution in [0.25, 0.3) is 0 Å². The standard InChI is InChI=1S/C31H26FN3O4/c1-20-13-15-21(16-14-20)19-35-27(30(37)34-26-12-6-10-24(32)18-26)28(39-31(35)38)23-9-5-11-25(17-23)33-29(36)22-7-3-2-4-8-22/h2-18,27-28H,19H2,1H3,(H,33,36)(H,34,37)/t27-,28+/m1/s1. The molecule has 1 fully saturated rings. The van der Waals surface area contributed by atoms with Crippen LogP contribution in [0, 0.1) is 12.7 Å². The van der Waals surface area contributed by atoms with E-state index >= 15 is 0 Å². The molecular weight excluding hydrogens is 497 g/mol. The van der Waals surface area contributed by atoms with Gasteiger partial charge in [0.05, 0.1) is 6.54 Å². The molecule has 196 valence electrons. The van der Waals surface area contributed by atoms with Crippen molar-refractivity contribution < 1.29 is 23.5 Å². The number of nitrogens with zero attached hydrogens (tertiary/aromatic N) is 1. The van der Waals surface area contributed by atoms with Crippen LogP contribution in [0.4, 0.5) is 20.6 Å². The van der Waals surface area contributed by atoms with Gasteiger partial charge in [0.1, 0.15) is 5.82 Å². The van der Waals surface area contributed by atoms with E-state index in [0.29, 0.717) is 16.8 Å². The molecule has 0 aromatic heterocycles. The Kier molecular flexibility index (Phi) is 7.36. The van der Waals surface area contributed by atoms with Crippen LogP contribution in [0.5, 0.6) is 0 Å². The van der Waals surface area contributed by atoms with Crippen LogP contribution in [0.3, 0.4) is 0 Å². The molecule has 7 nitrogen and oxygen atoms in total. The van der Waals surface area contributed by atoms with Crippen LogP contribution in [0.2, 0.25) is 0 Å². The number of carbonyl (C=O) groups excluding carboxylic acids is 3. The number of nitrogens with one attached hydrogen (secondary N) is 2. The minimum absolute atomic E-state index is 0.140. The average molecular weight is 524 g/mol. The Morgan fingerprint density at radius 3 is 2.26 bits per heavy atom. The van der Waals surface area contributed by atoms with Crippen molar-refractivity contribution in [2.45, 2.75) is 25.6 Å². The van der Waals surface area contributed by atoms with E-state index in [4.69, 9.17) is 4.74 Å². The van der Waals surface area contributed by atoms with Crippen molar-refractivity contribution in [3.63, 3.8) is 0 Å². The number of hydrogen-bond donors (Lipinski definition) is 2. The highest BCUT2D eigenvalue weighted by molar-refractivity contribution is 6.04. The van der Waals surface area contributed by atoms with Crippen LogP contribution < -0.4 is 10.6 Å². The Morgan fingerprint density at radius 2 is 1.54 bits per heavy atom. The number of aryl methyl sites for hydroxylation is 1. The quantitative estimate of drug-likeness (QED) is 0.307. The number of benzene rings is 4. The van der Waals surface area contributed by atoms with Gasteiger partial charge >= 0.3 is 6.09 Å². The third-order valence-corrected chi connectivity index (χ3v) is 6.43. The van der Waals surface area contributed by atoms with Crippen LogP contribution in [-0.2, 0) is 16.1 Å². The van der Waals surface area contributed by atoms with Gasteiger partial charge in [0.15, 0.2) is 12.1 Å². The fourth-order valence-electron chi connectivity index (χ4n) is 4.47. The summed E-state index contributed by atoms with van der Waals surface area (Å²) in [4.78, 5) is 40.7. The molecule has 4 aromatic rings. The van der Waals surface area contributed by atoms with Crippen molar-refractivity contribution in [3.8, 4) is 0 Å². The zero-order chi connectivity index (χ0) is 27.4. The summed E-state index contributed by atoms with van der Waals surface area (Å²) in [6.45, 7) is 2.10. The molecule has 1 aliphatic rings. The van der Waals surface area contributed by atoms with E-state index in [2.05, 4.69) is 10.6 Å². The predicted octanol–water partition coefficient (Wildman–Crippen LogP) is 6.09. The third kappa shape index (κ3) is 5.96. The zero-order valence-corrected chi connectivity index (χ0v) is 21.1. The maximum Gasteiger partial charge on any atom is 0.411 e. The van der Waals surface area contributed by atoms with E-state index in [9.17, 15) is 18.8 Å². The minimum atomic E-state index is -1.05. The fourth-order valence-corrected chi connectivity index (χ4v) is 4.47. The van der Waals surface area contributed by atoms with E-state index < -0.39 is 30.0 Å². The molecule has 2 N–H and O–H groups in total. The van der Waals surface area contributed by atoms with Crippen molar-refractivity contribution in [1.82, 2.24) is 4.90 Å². The molecule has 1 saturated heterocycles. The first-order valence-corrected chi connectivity index (χ1v) is 12.4. The second-order valence-electron chi connectivity index (χ2n) is 9.31. The Morgan fingerprint density at radius 1 is 0.846 bits per heavy atom. The summed E-state index contributed by atoms with van der Waals surface area (Å²) in [5.74, 6) is -1.32. The molecule has 8 heteroatoms. The van der Waals surface area contributed by atoms with E-state index in [1.807, 2.05) is 37.3 Å². The van der Waals surface area contributed by atoms with Gasteiger partial charge in [0.25, 0.3) is 11.8 Å². The lowest BCUT2D eigenvalue weighted by atomic mass is 9.99. The number of hydrogen-bond acceptors (Lipinski definition) is 4. The molecule has 0 aliphatic carbocycles. The van der Waals surface area contributed by atoms with Crippen molar-refractivity contribution in [3.05, 3.63) is 131 Å². The first-order chi connectivity index (χ1) is 18.9. The van der Waals surface area contributed by atoms with Crippen molar-refractivity contribution in [1.29, 1.82) is 0 Å². The summed E-state index contributed by atoms with van der Waals surface area (Å²) >= 11 is 0. The maximum absolute atomic E-state index is 13.8. The van der Waals surface area contributed by atoms with Gasteiger partial charge in [-0.05, 0) is 60.5 Å². The molecule has 4 aromatic carbocycles. The minimum Gasteiger partial charge on any atom is -0.438 e. The molecule has 3 amide bonds. The highest BCUT2D eigenvalue weighted by atomic mass is 19.1. The fraction of sp³-hybridized carbons (Fsp3) is 0.129. The molecule has 39 heavy (non-hydrogen) atoms. The molecule has 0 bridgehead atoms. The van der Waals surface area contributed by atoms with Gasteiger partial charge < -0.3 is 15.4 Å². The predicted molar refractivity (Wildman–Crippen MR) is 146 cm³/mol. The van der Waals surface area contributed by atoms with E-state index in [1.54, 1.807) is 54.6 Å². The zero-order valence-electron chi connectivity index (χ0n) is 21.1. The largest absolute Gasteiger partial charge is 0.438 e. The van der Waals surface area contributed by atoms with Crippen molar-refractivity contribution in [2.24, 2.45) is 0 Å². The third-order valence-electron chi connectivity index (χ3n) is 6.43. The molecule has 0 saturated carbocycles. The van der Waals surface area contributed by atoms with Gasteiger partial charge in [0.2, 0.25) is 0 Å². The first kappa shape index (κ1) is 25.7. The number of ether oxygens (including phenoxy) is 1. The van der Waals surface area contributed by atoms with Crippen LogP contribution >= 0.6 is 0 Å². The van der Waals surface area contributed by atoms with Gasteiger partial charge in [-0.15, -0.1) is 0 Å². The SMILES string of the molecule is Cc1ccc(CN2C(=O)O[C@@H](c3cccc(NC(=O)c4ccccc4)c3)[C@@H]2C(=O)Nc2cccc(F)c2)cc1. The monoisotopic (exact) mass is 523 g/mol. The second kappa shape index (κ2) is 11.2. The average Bonchev–Trinajstić information content (AvgIpc) is 3.26.